The molecule has 0 radical (unpaired) electrons. The summed E-state index contributed by atoms with van der Waals surface area (Å²) < 4.78 is 6.64. The highest BCUT2D eigenvalue weighted by Gasteiger charge is 2.13. The minimum absolute atomic E-state index is 0.386. The number of nitrogens with one attached hydrogen (secondary N) is 1. The zero-order valence-electron chi connectivity index (χ0n) is 12.9. The van der Waals surface area contributed by atoms with E-state index in [1.807, 2.05) is 41.1 Å². The monoisotopic (exact) mass is 338 g/mol. The van der Waals surface area contributed by atoms with Crippen LogP contribution in [0.2, 0.25) is 0 Å². The summed E-state index contributed by atoms with van der Waals surface area (Å²) in [6.45, 7) is 0. The summed E-state index contributed by atoms with van der Waals surface area (Å²) in [7, 11) is 1.37. The predicted octanol–water partition coefficient (Wildman–Crippen LogP) is 3.29. The molecule has 7 heteroatoms. The molecule has 0 spiro atoms. The third-order valence-electron chi connectivity index (χ3n) is 3.66. The van der Waals surface area contributed by atoms with E-state index in [0.717, 1.165) is 21.9 Å². The summed E-state index contributed by atoms with van der Waals surface area (Å²) in [5.74, 6) is 0.268. The van der Waals surface area contributed by atoms with Crippen molar-refractivity contribution in [2.45, 2.75) is 10.9 Å². The molecule has 3 aromatic heterocycles. The summed E-state index contributed by atoms with van der Waals surface area (Å²) in [6.07, 6.45) is 3.78. The predicted molar refractivity (Wildman–Crippen MR) is 92.2 cm³/mol. The molecular formula is C17H14N4O2S. The number of methoxy groups -OCH3 is 1. The summed E-state index contributed by atoms with van der Waals surface area (Å²) in [5.41, 5.74) is 3.90. The largest absolute Gasteiger partial charge is 0.465 e. The van der Waals surface area contributed by atoms with Crippen LogP contribution in [0, 0.1) is 0 Å². The van der Waals surface area contributed by atoms with Gasteiger partial charge in [-0.25, -0.2) is 14.8 Å². The third kappa shape index (κ3) is 2.63. The molecule has 0 amide bonds. The number of H-pyrrole nitrogens is 1. The minimum Gasteiger partial charge on any atom is -0.465 e. The van der Waals surface area contributed by atoms with Crippen molar-refractivity contribution >= 4 is 34.4 Å². The van der Waals surface area contributed by atoms with Crippen LogP contribution in [-0.4, -0.2) is 32.4 Å². The van der Waals surface area contributed by atoms with Crippen LogP contribution < -0.4 is 0 Å². The van der Waals surface area contributed by atoms with Crippen LogP contribution in [-0.2, 0) is 10.5 Å². The molecule has 0 saturated carbocycles. The average Bonchev–Trinajstić information content (AvgIpc) is 3.21. The maximum Gasteiger partial charge on any atom is 0.341 e. The van der Waals surface area contributed by atoms with E-state index in [9.17, 15) is 4.79 Å². The van der Waals surface area contributed by atoms with Gasteiger partial charge in [0.15, 0.2) is 10.8 Å². The van der Waals surface area contributed by atoms with Crippen LogP contribution >= 0.6 is 11.8 Å². The lowest BCUT2D eigenvalue weighted by molar-refractivity contribution is 0.0602. The number of nitrogens with zero attached hydrogens (tertiary/aromatic N) is 3. The second-order valence-corrected chi connectivity index (χ2v) is 6.19. The molecule has 4 aromatic rings. The number of benzene rings is 1. The average molecular weight is 338 g/mol. The van der Waals surface area contributed by atoms with Crippen molar-refractivity contribution in [3.63, 3.8) is 0 Å². The number of aromatic nitrogens is 4. The van der Waals surface area contributed by atoms with Crippen molar-refractivity contribution in [3.05, 3.63) is 60.0 Å². The zero-order chi connectivity index (χ0) is 16.5. The molecule has 4 rings (SSSR count). The number of esters is 1. The van der Waals surface area contributed by atoms with Crippen molar-refractivity contribution < 1.29 is 9.53 Å². The number of thioether (sulfide) groups is 1. The number of hydrogen-bond donors (Lipinski definition) is 1. The molecule has 0 saturated heterocycles. The van der Waals surface area contributed by atoms with Gasteiger partial charge in [-0.2, -0.15) is 0 Å². The summed E-state index contributed by atoms with van der Waals surface area (Å²) in [6, 6.07) is 11.4. The topological polar surface area (TPSA) is 72.3 Å². The second-order valence-electron chi connectivity index (χ2n) is 5.22. The highest BCUT2D eigenvalue weighted by Crippen LogP contribution is 2.23. The fourth-order valence-electron chi connectivity index (χ4n) is 2.54. The molecule has 24 heavy (non-hydrogen) atoms. The highest BCUT2D eigenvalue weighted by molar-refractivity contribution is 7.98. The molecule has 0 bridgehead atoms. The Bertz CT molecular complexity index is 1000. The second kappa shape index (κ2) is 6.01. The fraction of sp³-hybridized carbons (Fsp3) is 0.118. The van der Waals surface area contributed by atoms with E-state index < -0.39 is 0 Å². The number of hydrogen-bond acceptors (Lipinski definition) is 5. The van der Waals surface area contributed by atoms with E-state index in [-0.39, 0.29) is 5.97 Å². The van der Waals surface area contributed by atoms with Gasteiger partial charge in [0.25, 0.3) is 0 Å². The zero-order valence-corrected chi connectivity index (χ0v) is 13.7. The summed E-state index contributed by atoms with van der Waals surface area (Å²) in [4.78, 5) is 24.2. The van der Waals surface area contributed by atoms with Crippen LogP contribution in [0.1, 0.15) is 16.1 Å². The van der Waals surface area contributed by atoms with Crippen molar-refractivity contribution in [1.29, 1.82) is 0 Å². The Morgan fingerprint density at radius 2 is 2.12 bits per heavy atom. The number of imidazole rings is 2. The molecule has 0 aliphatic rings. The number of para-hydroxylation sites is 2. The van der Waals surface area contributed by atoms with Crippen LogP contribution in [0.25, 0.3) is 16.7 Å². The quantitative estimate of drug-likeness (QED) is 0.457. The molecule has 1 N–H and O–H groups in total. The van der Waals surface area contributed by atoms with Crippen LogP contribution in [0.5, 0.6) is 0 Å². The number of pyridine rings is 1. The first-order chi connectivity index (χ1) is 11.7. The van der Waals surface area contributed by atoms with Gasteiger partial charge >= 0.3 is 5.97 Å². The summed E-state index contributed by atoms with van der Waals surface area (Å²) in [5, 5.41) is 0.849. The van der Waals surface area contributed by atoms with Gasteiger partial charge in [-0.15, -0.1) is 0 Å². The summed E-state index contributed by atoms with van der Waals surface area (Å²) >= 11 is 1.58. The Kier molecular flexibility index (Phi) is 3.70. The minimum atomic E-state index is -0.386. The van der Waals surface area contributed by atoms with Gasteiger partial charge < -0.3 is 14.1 Å². The number of carbonyl (C=O) groups is 1. The van der Waals surface area contributed by atoms with Gasteiger partial charge in [-0.3, -0.25) is 0 Å². The number of ether oxygens (including phenoxy) is 1. The first kappa shape index (κ1) is 14.8. The lowest BCUT2D eigenvalue weighted by Gasteiger charge is -2.00. The van der Waals surface area contributed by atoms with E-state index in [4.69, 9.17) is 4.74 Å². The van der Waals surface area contributed by atoms with Crippen molar-refractivity contribution in [1.82, 2.24) is 19.4 Å². The normalized spacial score (nSPS) is 11.2. The van der Waals surface area contributed by atoms with Crippen LogP contribution in [0.4, 0.5) is 0 Å². The standard InChI is InChI=1S/C17H14N4O2S/c1-23-16(22)12-5-4-8-21-9-11(18-15(12)21)10-24-17-19-13-6-2-3-7-14(13)20-17/h2-9H,10H2,1H3,(H,19,20). The first-order valence-corrected chi connectivity index (χ1v) is 8.35. The Morgan fingerprint density at radius 1 is 1.25 bits per heavy atom. The van der Waals surface area contributed by atoms with E-state index in [0.29, 0.717) is 17.0 Å². The number of rotatable bonds is 4. The van der Waals surface area contributed by atoms with E-state index in [2.05, 4.69) is 15.0 Å². The Hall–Kier alpha value is -2.80. The van der Waals surface area contributed by atoms with Gasteiger partial charge in [-0.1, -0.05) is 23.9 Å². The van der Waals surface area contributed by atoms with E-state index >= 15 is 0 Å². The molecule has 0 aliphatic heterocycles. The SMILES string of the molecule is COC(=O)c1cccn2cc(CSc3nc4ccccc4[nH]3)nc12. The molecule has 3 heterocycles. The maximum atomic E-state index is 11.8. The molecular weight excluding hydrogens is 324 g/mol. The molecule has 0 aliphatic carbocycles. The molecule has 1 aromatic carbocycles. The smallest absolute Gasteiger partial charge is 0.341 e. The van der Waals surface area contributed by atoms with Crippen molar-refractivity contribution in [3.8, 4) is 0 Å². The molecule has 0 unspecified atom stereocenters. The van der Waals surface area contributed by atoms with Gasteiger partial charge in [0, 0.05) is 18.1 Å². The number of fused-ring (bicyclic) bond motifs is 2. The molecule has 0 fully saturated rings. The molecule has 6 nitrogen and oxygen atoms in total. The molecule has 0 atom stereocenters. The molecule has 120 valence electrons. The lowest BCUT2D eigenvalue weighted by atomic mass is 10.3. The Morgan fingerprint density at radius 3 is 2.96 bits per heavy atom. The third-order valence-corrected chi connectivity index (χ3v) is 4.57. The Labute approximate surface area is 141 Å². The first-order valence-electron chi connectivity index (χ1n) is 7.37. The van der Waals surface area contributed by atoms with Gasteiger partial charge in [0.2, 0.25) is 0 Å². The van der Waals surface area contributed by atoms with E-state index in [1.165, 1.54) is 7.11 Å². The van der Waals surface area contributed by atoms with Crippen molar-refractivity contribution in [2.75, 3.05) is 7.11 Å². The van der Waals surface area contributed by atoms with Gasteiger partial charge in [0.1, 0.15) is 5.56 Å². The number of carbonyl (C=O) groups excluding carboxylic acids is 1. The number of aromatic amines is 1. The van der Waals surface area contributed by atoms with Crippen LogP contribution in [0.15, 0.2) is 53.9 Å². The lowest BCUT2D eigenvalue weighted by Crippen LogP contribution is -2.03. The van der Waals surface area contributed by atoms with Gasteiger partial charge in [-0.05, 0) is 24.3 Å². The van der Waals surface area contributed by atoms with E-state index in [1.54, 1.807) is 23.9 Å². The van der Waals surface area contributed by atoms with Gasteiger partial charge in [0.05, 0.1) is 23.8 Å². The van der Waals surface area contributed by atoms with Crippen LogP contribution in [0.3, 0.4) is 0 Å². The highest BCUT2D eigenvalue weighted by atomic mass is 32.2. The van der Waals surface area contributed by atoms with Crippen molar-refractivity contribution in [2.24, 2.45) is 0 Å². The fourth-order valence-corrected chi connectivity index (χ4v) is 3.31. The Balaban J connectivity index is 1.59. The maximum absolute atomic E-state index is 11.8.